The lowest BCUT2D eigenvalue weighted by atomic mass is 10.1. The number of amides is 2. The Bertz CT molecular complexity index is 998. The van der Waals surface area contributed by atoms with Gasteiger partial charge in [0.15, 0.2) is 0 Å². The first-order valence-corrected chi connectivity index (χ1v) is 8.91. The van der Waals surface area contributed by atoms with E-state index in [0.717, 1.165) is 0 Å². The number of para-hydroxylation sites is 1. The summed E-state index contributed by atoms with van der Waals surface area (Å²) in [7, 11) is 2.41. The van der Waals surface area contributed by atoms with Crippen molar-refractivity contribution < 1.29 is 28.7 Å². The van der Waals surface area contributed by atoms with Crippen molar-refractivity contribution in [2.75, 3.05) is 24.5 Å². The van der Waals surface area contributed by atoms with E-state index in [2.05, 4.69) is 20.2 Å². The molecule has 0 fully saturated rings. The molecule has 1 aliphatic heterocycles. The van der Waals surface area contributed by atoms with Crippen molar-refractivity contribution in [2.45, 2.75) is 6.42 Å². The smallest absolute Gasteiger partial charge is 0.337 e. The minimum atomic E-state index is -0.674. The number of anilines is 2. The molecule has 9 nitrogen and oxygen atoms in total. The van der Waals surface area contributed by atoms with Crippen LogP contribution in [0, 0.1) is 0 Å². The van der Waals surface area contributed by atoms with Crippen LogP contribution in [-0.4, -0.2) is 38.0 Å². The lowest BCUT2D eigenvalue weighted by Gasteiger charge is -2.28. The molecule has 0 aliphatic carbocycles. The molecule has 0 bridgehead atoms. The molecular formula is C21H19N3O6. The Morgan fingerprint density at radius 1 is 0.967 bits per heavy atom. The molecule has 2 aromatic carbocycles. The maximum absolute atomic E-state index is 12.7. The van der Waals surface area contributed by atoms with E-state index in [1.807, 2.05) is 6.07 Å². The zero-order valence-corrected chi connectivity index (χ0v) is 16.3. The molecule has 3 rings (SSSR count). The summed E-state index contributed by atoms with van der Waals surface area (Å²) in [4.78, 5) is 48.7. The molecule has 9 heteroatoms. The second kappa shape index (κ2) is 8.91. The molecule has 0 unspecified atom stereocenters. The second-order valence-corrected chi connectivity index (χ2v) is 6.23. The fraction of sp³-hybridized carbons (Fsp3) is 0.143. The highest BCUT2D eigenvalue weighted by molar-refractivity contribution is 6.08. The summed E-state index contributed by atoms with van der Waals surface area (Å²) in [6.45, 7) is 0. The van der Waals surface area contributed by atoms with Crippen molar-refractivity contribution in [1.82, 2.24) is 5.43 Å². The van der Waals surface area contributed by atoms with Gasteiger partial charge < -0.3 is 14.8 Å². The molecule has 0 saturated carbocycles. The standard InChI is InChI=1S/C21H19N3O6/c1-29-20(27)13-10-14(21(28)30-2)12-15(11-13)22-19(26)17-8-9-18(25)24(23-17)16-6-4-3-5-7-16/h3-8,10-12,23H,9H2,1-2H3,(H,22,26). The van der Waals surface area contributed by atoms with Crippen LogP contribution in [0.2, 0.25) is 0 Å². The van der Waals surface area contributed by atoms with Crippen LogP contribution >= 0.6 is 0 Å². The highest BCUT2D eigenvalue weighted by Gasteiger charge is 2.24. The Morgan fingerprint density at radius 2 is 1.57 bits per heavy atom. The summed E-state index contributed by atoms with van der Waals surface area (Å²) >= 11 is 0. The zero-order valence-electron chi connectivity index (χ0n) is 16.3. The molecule has 2 aromatic rings. The lowest BCUT2D eigenvalue weighted by Crippen LogP contribution is -2.47. The van der Waals surface area contributed by atoms with Gasteiger partial charge >= 0.3 is 11.9 Å². The average molecular weight is 409 g/mol. The third-order valence-corrected chi connectivity index (χ3v) is 4.25. The number of ether oxygens (including phenoxy) is 2. The van der Waals surface area contributed by atoms with Gasteiger partial charge in [-0.3, -0.25) is 15.0 Å². The van der Waals surface area contributed by atoms with Crippen LogP contribution < -0.4 is 15.8 Å². The molecule has 0 saturated heterocycles. The van der Waals surface area contributed by atoms with Gasteiger partial charge in [-0.15, -0.1) is 0 Å². The number of carbonyl (C=O) groups excluding carboxylic acids is 4. The summed E-state index contributed by atoms with van der Waals surface area (Å²) in [5.74, 6) is -2.13. The van der Waals surface area contributed by atoms with E-state index in [1.54, 1.807) is 24.3 Å². The van der Waals surface area contributed by atoms with E-state index in [9.17, 15) is 19.2 Å². The summed E-state index contributed by atoms with van der Waals surface area (Å²) in [5, 5.41) is 3.89. The molecule has 0 radical (unpaired) electrons. The fourth-order valence-electron chi connectivity index (χ4n) is 2.81. The van der Waals surface area contributed by atoms with Crippen LogP contribution in [0.5, 0.6) is 0 Å². The average Bonchev–Trinajstić information content (AvgIpc) is 2.78. The van der Waals surface area contributed by atoms with Crippen molar-refractivity contribution in [3.05, 3.63) is 71.4 Å². The highest BCUT2D eigenvalue weighted by Crippen LogP contribution is 2.20. The van der Waals surface area contributed by atoms with E-state index in [0.29, 0.717) is 5.69 Å². The van der Waals surface area contributed by atoms with Crippen LogP contribution in [0.15, 0.2) is 60.3 Å². The topological polar surface area (TPSA) is 114 Å². The second-order valence-electron chi connectivity index (χ2n) is 6.23. The summed E-state index contributed by atoms with van der Waals surface area (Å²) < 4.78 is 9.37. The number of benzene rings is 2. The Hall–Kier alpha value is -4.14. The van der Waals surface area contributed by atoms with Crippen LogP contribution in [0.1, 0.15) is 27.1 Å². The van der Waals surface area contributed by atoms with Gasteiger partial charge in [-0.05, 0) is 36.4 Å². The van der Waals surface area contributed by atoms with Crippen molar-refractivity contribution in [3.63, 3.8) is 0 Å². The van der Waals surface area contributed by atoms with Crippen molar-refractivity contribution in [1.29, 1.82) is 0 Å². The van der Waals surface area contributed by atoms with E-state index in [4.69, 9.17) is 0 Å². The number of methoxy groups -OCH3 is 2. The number of nitrogens with one attached hydrogen (secondary N) is 2. The predicted octanol–water partition coefficient (Wildman–Crippen LogP) is 2.02. The zero-order chi connectivity index (χ0) is 21.7. The molecule has 0 atom stereocenters. The highest BCUT2D eigenvalue weighted by atomic mass is 16.5. The Morgan fingerprint density at radius 3 is 2.13 bits per heavy atom. The van der Waals surface area contributed by atoms with Gasteiger partial charge in [-0.2, -0.15) is 0 Å². The van der Waals surface area contributed by atoms with Gasteiger partial charge in [0.25, 0.3) is 5.91 Å². The molecule has 30 heavy (non-hydrogen) atoms. The first-order chi connectivity index (χ1) is 14.4. The predicted molar refractivity (Wildman–Crippen MR) is 108 cm³/mol. The normalized spacial score (nSPS) is 13.1. The Kier molecular flexibility index (Phi) is 6.11. The lowest BCUT2D eigenvalue weighted by molar-refractivity contribution is -0.119. The minimum Gasteiger partial charge on any atom is -0.465 e. The summed E-state index contributed by atoms with van der Waals surface area (Å²) in [5.41, 5.74) is 3.84. The molecule has 2 amide bonds. The Balaban J connectivity index is 1.83. The maximum atomic E-state index is 12.7. The number of hydrazine groups is 1. The molecular weight excluding hydrogens is 390 g/mol. The number of hydrogen-bond acceptors (Lipinski definition) is 7. The van der Waals surface area contributed by atoms with E-state index >= 15 is 0 Å². The van der Waals surface area contributed by atoms with Gasteiger partial charge in [-0.1, -0.05) is 18.2 Å². The molecule has 154 valence electrons. The van der Waals surface area contributed by atoms with E-state index in [1.165, 1.54) is 43.5 Å². The first kappa shape index (κ1) is 20.6. The first-order valence-electron chi connectivity index (χ1n) is 8.91. The van der Waals surface area contributed by atoms with Crippen molar-refractivity contribution in [3.8, 4) is 0 Å². The Labute approximate surface area is 172 Å². The van der Waals surface area contributed by atoms with Crippen molar-refractivity contribution >= 4 is 35.1 Å². The third-order valence-electron chi connectivity index (χ3n) is 4.25. The third kappa shape index (κ3) is 4.46. The van der Waals surface area contributed by atoms with E-state index in [-0.39, 0.29) is 34.8 Å². The molecule has 1 aliphatic rings. The SMILES string of the molecule is COC(=O)c1cc(NC(=O)C2=CCC(=O)N(c3ccccc3)N2)cc(C(=O)OC)c1. The largest absolute Gasteiger partial charge is 0.465 e. The van der Waals surface area contributed by atoms with Gasteiger partial charge in [-0.25, -0.2) is 14.6 Å². The number of rotatable bonds is 5. The number of carbonyl (C=O) groups is 4. The van der Waals surface area contributed by atoms with Crippen molar-refractivity contribution in [2.24, 2.45) is 0 Å². The quantitative estimate of drug-likeness (QED) is 0.726. The van der Waals surface area contributed by atoms with Crippen LogP contribution in [-0.2, 0) is 19.1 Å². The van der Waals surface area contributed by atoms with Gasteiger partial charge in [0.1, 0.15) is 5.70 Å². The van der Waals surface area contributed by atoms with Crippen LogP contribution in [0.25, 0.3) is 0 Å². The van der Waals surface area contributed by atoms with Crippen LogP contribution in [0.3, 0.4) is 0 Å². The molecule has 1 heterocycles. The van der Waals surface area contributed by atoms with Crippen LogP contribution in [0.4, 0.5) is 11.4 Å². The monoisotopic (exact) mass is 409 g/mol. The van der Waals surface area contributed by atoms with Gasteiger partial charge in [0.2, 0.25) is 5.91 Å². The number of hydrogen-bond donors (Lipinski definition) is 2. The van der Waals surface area contributed by atoms with Gasteiger partial charge in [0.05, 0.1) is 31.0 Å². The molecule has 2 N–H and O–H groups in total. The maximum Gasteiger partial charge on any atom is 0.337 e. The number of esters is 2. The fourth-order valence-corrected chi connectivity index (χ4v) is 2.81. The summed E-state index contributed by atoms with van der Waals surface area (Å²) in [6.07, 6.45) is 1.49. The molecule has 0 spiro atoms. The minimum absolute atomic E-state index is 0.0280. The number of nitrogens with zero attached hydrogens (tertiary/aromatic N) is 1. The molecule has 0 aromatic heterocycles. The summed E-state index contributed by atoms with van der Waals surface area (Å²) in [6, 6.07) is 12.9. The van der Waals surface area contributed by atoms with E-state index < -0.39 is 17.8 Å². The van der Waals surface area contributed by atoms with Gasteiger partial charge in [0, 0.05) is 12.1 Å².